The summed E-state index contributed by atoms with van der Waals surface area (Å²) in [6.07, 6.45) is 0.102. The molecule has 5 rings (SSSR count). The number of carbonyl (C=O) groups excluding carboxylic acids is 4. The fourth-order valence-electron chi connectivity index (χ4n) is 7.04. The van der Waals surface area contributed by atoms with Crippen molar-refractivity contribution in [3.63, 3.8) is 0 Å². The van der Waals surface area contributed by atoms with E-state index >= 15 is 0 Å². The Balaban J connectivity index is 1.60. The molecule has 0 aromatic heterocycles. The molecule has 3 aliphatic carbocycles. The number of aliphatic hydroxyl groups excluding tert-OH is 2. The highest BCUT2D eigenvalue weighted by atomic mass is 16.3. The van der Waals surface area contributed by atoms with Crippen LogP contribution in [-0.4, -0.2) is 98.9 Å². The Labute approximate surface area is 231 Å². The van der Waals surface area contributed by atoms with Gasteiger partial charge in [-0.25, -0.2) is 0 Å². The van der Waals surface area contributed by atoms with Crippen molar-refractivity contribution in [3.05, 3.63) is 45.7 Å². The van der Waals surface area contributed by atoms with E-state index in [-0.39, 0.29) is 42.1 Å². The van der Waals surface area contributed by atoms with Crippen LogP contribution >= 0.6 is 0 Å². The van der Waals surface area contributed by atoms with Crippen LogP contribution in [0.5, 0.6) is 5.75 Å². The molecule has 4 atom stereocenters. The molecule has 214 valence electrons. The molecular formula is C29H35N3O8. The molecule has 6 N–H and O–H groups in total. The number of phenolic OH excluding ortho intramolecular Hbond substituents is 1. The van der Waals surface area contributed by atoms with E-state index in [0.717, 1.165) is 26.2 Å². The van der Waals surface area contributed by atoms with Gasteiger partial charge in [0.15, 0.2) is 17.2 Å². The van der Waals surface area contributed by atoms with Gasteiger partial charge in [-0.1, -0.05) is 13.8 Å². The van der Waals surface area contributed by atoms with Gasteiger partial charge < -0.3 is 31.1 Å². The minimum atomic E-state index is -2.66. The van der Waals surface area contributed by atoms with Gasteiger partial charge in [-0.3, -0.25) is 24.1 Å². The van der Waals surface area contributed by atoms with Crippen LogP contribution in [-0.2, 0) is 20.8 Å². The average molecular weight is 554 g/mol. The molecule has 40 heavy (non-hydrogen) atoms. The SMILES string of the molecule is CC(C)[C@@H]1C(=O)C(C(N)=O)=C(O)[C@@]2(O)C(=O)C3=C(O)c4c(O)ccc(C(=O)CN5CCN(C)CC5)c4C[C@H]3C[C@@H]12. The smallest absolute Gasteiger partial charge is 0.255 e. The first-order chi connectivity index (χ1) is 18.8. The van der Waals surface area contributed by atoms with E-state index < -0.39 is 63.8 Å². The molecule has 0 unspecified atom stereocenters. The predicted molar refractivity (Wildman–Crippen MR) is 143 cm³/mol. The molecule has 1 amide bonds. The van der Waals surface area contributed by atoms with Gasteiger partial charge in [0.05, 0.1) is 12.1 Å². The zero-order valence-corrected chi connectivity index (χ0v) is 22.8. The van der Waals surface area contributed by atoms with Crippen molar-refractivity contribution in [2.45, 2.75) is 32.3 Å². The summed E-state index contributed by atoms with van der Waals surface area (Å²) >= 11 is 0. The number of aliphatic hydroxyl groups is 3. The van der Waals surface area contributed by atoms with Crippen LogP contribution in [0.4, 0.5) is 0 Å². The zero-order valence-electron chi connectivity index (χ0n) is 22.8. The van der Waals surface area contributed by atoms with E-state index in [1.807, 2.05) is 11.9 Å². The summed E-state index contributed by atoms with van der Waals surface area (Å²) in [6.45, 7) is 6.69. The molecule has 11 heteroatoms. The Bertz CT molecular complexity index is 1390. The number of phenols is 1. The second-order valence-corrected chi connectivity index (χ2v) is 11.8. The molecule has 2 fully saturated rings. The Kier molecular flexibility index (Phi) is 6.88. The highest BCUT2D eigenvalue weighted by Crippen LogP contribution is 2.54. The van der Waals surface area contributed by atoms with Gasteiger partial charge in [0, 0.05) is 49.2 Å². The van der Waals surface area contributed by atoms with Gasteiger partial charge in [-0.2, -0.15) is 0 Å². The Hall–Kier alpha value is -3.54. The van der Waals surface area contributed by atoms with E-state index in [1.165, 1.54) is 12.1 Å². The van der Waals surface area contributed by atoms with Crippen molar-refractivity contribution in [1.29, 1.82) is 0 Å². The third kappa shape index (κ3) is 4.06. The number of primary amides is 1. The number of ketones is 3. The summed E-state index contributed by atoms with van der Waals surface area (Å²) in [6, 6.07) is 2.80. The van der Waals surface area contributed by atoms with Crippen molar-refractivity contribution in [2.75, 3.05) is 39.8 Å². The highest BCUT2D eigenvalue weighted by Gasteiger charge is 2.64. The fourth-order valence-corrected chi connectivity index (χ4v) is 7.04. The number of hydrogen-bond acceptors (Lipinski definition) is 10. The second-order valence-electron chi connectivity index (χ2n) is 11.8. The van der Waals surface area contributed by atoms with Crippen LogP contribution in [0.3, 0.4) is 0 Å². The molecule has 1 saturated heterocycles. The lowest BCUT2D eigenvalue weighted by Gasteiger charge is -2.50. The fraction of sp³-hybridized carbons (Fsp3) is 0.517. The quantitative estimate of drug-likeness (QED) is 0.258. The lowest BCUT2D eigenvalue weighted by Crippen LogP contribution is -2.62. The summed E-state index contributed by atoms with van der Waals surface area (Å²) in [7, 11) is 2.02. The number of rotatable bonds is 5. The van der Waals surface area contributed by atoms with E-state index in [2.05, 4.69) is 4.90 Å². The molecule has 0 spiro atoms. The Morgan fingerprint density at radius 3 is 2.35 bits per heavy atom. The summed E-state index contributed by atoms with van der Waals surface area (Å²) in [5.74, 6) is -8.51. The van der Waals surface area contributed by atoms with E-state index in [9.17, 15) is 39.6 Å². The molecule has 1 heterocycles. The topological polar surface area (TPSA) is 182 Å². The minimum absolute atomic E-state index is 0.00745. The molecule has 11 nitrogen and oxygen atoms in total. The van der Waals surface area contributed by atoms with E-state index in [0.29, 0.717) is 11.1 Å². The van der Waals surface area contributed by atoms with Crippen LogP contribution in [0.1, 0.15) is 41.8 Å². The first-order valence-electron chi connectivity index (χ1n) is 13.6. The molecule has 1 aliphatic heterocycles. The van der Waals surface area contributed by atoms with Gasteiger partial charge in [0.25, 0.3) is 5.91 Å². The lowest BCUT2D eigenvalue weighted by molar-refractivity contribution is -0.155. The maximum absolute atomic E-state index is 13.9. The normalized spacial score (nSPS) is 29.4. The second kappa shape index (κ2) is 9.83. The molecular weight excluding hydrogens is 518 g/mol. The first-order valence-corrected chi connectivity index (χ1v) is 13.6. The number of aromatic hydroxyl groups is 1. The molecule has 1 aromatic rings. The number of likely N-dealkylation sites (N-methyl/N-ethyl adjacent to an activating group) is 1. The maximum Gasteiger partial charge on any atom is 0.255 e. The van der Waals surface area contributed by atoms with Gasteiger partial charge in [-0.05, 0) is 49.4 Å². The molecule has 0 radical (unpaired) electrons. The predicted octanol–water partition coefficient (Wildman–Crippen LogP) is 0.736. The summed E-state index contributed by atoms with van der Waals surface area (Å²) < 4.78 is 0. The monoisotopic (exact) mass is 553 g/mol. The van der Waals surface area contributed by atoms with Gasteiger partial charge in [0.2, 0.25) is 5.78 Å². The lowest BCUT2D eigenvalue weighted by atomic mass is 9.54. The molecule has 1 aromatic carbocycles. The number of benzene rings is 1. The average Bonchev–Trinajstić information content (AvgIpc) is 2.87. The highest BCUT2D eigenvalue weighted by molar-refractivity contribution is 6.23. The summed E-state index contributed by atoms with van der Waals surface area (Å²) in [5.41, 5.74) is 2.31. The number of fused-ring (bicyclic) bond motifs is 3. The van der Waals surface area contributed by atoms with Crippen LogP contribution < -0.4 is 5.73 Å². The number of nitrogens with two attached hydrogens (primary N) is 1. The largest absolute Gasteiger partial charge is 0.508 e. The summed E-state index contributed by atoms with van der Waals surface area (Å²) in [5, 5.41) is 44.7. The third-order valence-corrected chi connectivity index (χ3v) is 9.12. The number of Topliss-reactive ketones (excluding diaryl/α,β-unsaturated/α-hetero) is 3. The zero-order chi connectivity index (χ0) is 29.3. The Morgan fingerprint density at radius 2 is 1.75 bits per heavy atom. The molecule has 0 bridgehead atoms. The van der Waals surface area contributed by atoms with Crippen LogP contribution in [0.15, 0.2) is 29.0 Å². The van der Waals surface area contributed by atoms with Crippen molar-refractivity contribution >= 4 is 29.0 Å². The minimum Gasteiger partial charge on any atom is -0.508 e. The maximum atomic E-state index is 13.9. The standard InChI is InChI=1S/C29H35N3O8/c1-13(2)20-17-11-14-10-16-15(19(34)12-32-8-6-31(3)7-9-32)4-5-18(33)22(16)25(36)21(14)26(37)29(17,40)27(38)23(24(20)35)28(30)39/h4-5,13-14,17,20,33,36,38,40H,6-12H2,1-3H3,(H2,30,39)/t14-,17-,20-,29-/m0/s1. The first kappa shape index (κ1) is 28.0. The number of nitrogens with zero attached hydrogens (tertiary/aromatic N) is 2. The number of carbonyl (C=O) groups is 4. The van der Waals surface area contributed by atoms with E-state index in [1.54, 1.807) is 13.8 Å². The Morgan fingerprint density at radius 1 is 1.10 bits per heavy atom. The van der Waals surface area contributed by atoms with Gasteiger partial charge >= 0.3 is 0 Å². The summed E-state index contributed by atoms with van der Waals surface area (Å²) in [4.78, 5) is 57.0. The third-order valence-electron chi connectivity index (χ3n) is 9.12. The van der Waals surface area contributed by atoms with Crippen LogP contribution in [0.2, 0.25) is 0 Å². The van der Waals surface area contributed by atoms with E-state index in [4.69, 9.17) is 5.73 Å². The number of piperazine rings is 1. The molecule has 1 saturated carbocycles. The number of amides is 1. The van der Waals surface area contributed by atoms with Crippen molar-refractivity contribution in [2.24, 2.45) is 29.4 Å². The van der Waals surface area contributed by atoms with Crippen LogP contribution in [0.25, 0.3) is 5.76 Å². The van der Waals surface area contributed by atoms with Crippen LogP contribution in [0, 0.1) is 23.7 Å². The molecule has 4 aliphatic rings. The van der Waals surface area contributed by atoms with Gasteiger partial charge in [-0.15, -0.1) is 0 Å². The van der Waals surface area contributed by atoms with Crippen molar-refractivity contribution < 1.29 is 39.6 Å². The van der Waals surface area contributed by atoms with Crippen molar-refractivity contribution in [3.8, 4) is 5.75 Å². The van der Waals surface area contributed by atoms with Crippen molar-refractivity contribution in [1.82, 2.24) is 9.80 Å². The van der Waals surface area contributed by atoms with Gasteiger partial charge in [0.1, 0.15) is 22.8 Å². The number of hydrogen-bond donors (Lipinski definition) is 5.